The third-order valence-electron chi connectivity index (χ3n) is 4.73. The van der Waals surface area contributed by atoms with Crippen LogP contribution in [0.25, 0.3) is 0 Å². The first-order valence-electron chi connectivity index (χ1n) is 9.81. The minimum Gasteiger partial charge on any atom is -0.490 e. The van der Waals surface area contributed by atoms with Crippen LogP contribution in [-0.4, -0.2) is 29.7 Å². The number of hydrogen-bond acceptors (Lipinski definition) is 5. The van der Waals surface area contributed by atoms with Crippen LogP contribution in [0.5, 0.6) is 11.8 Å². The fraction of sp³-hybridized carbons (Fsp3) is 0.524. The van der Waals surface area contributed by atoms with E-state index in [0.29, 0.717) is 18.0 Å². The molecular weight excluding hydrogens is 383 g/mol. The Morgan fingerprint density at radius 2 is 1.93 bits per heavy atom. The minimum atomic E-state index is -4.59. The van der Waals surface area contributed by atoms with E-state index in [4.69, 9.17) is 9.47 Å². The summed E-state index contributed by atoms with van der Waals surface area (Å²) in [5.41, 5.74) is -0.376. The lowest BCUT2D eigenvalue weighted by Crippen LogP contribution is -2.20. The first-order valence-corrected chi connectivity index (χ1v) is 9.81. The zero-order valence-electron chi connectivity index (χ0n) is 16.9. The molecule has 0 unspecified atom stereocenters. The molecule has 5 nitrogen and oxygen atoms in total. The fourth-order valence-electron chi connectivity index (χ4n) is 3.21. The summed E-state index contributed by atoms with van der Waals surface area (Å²) in [7, 11) is 1.54. The number of aromatic nitrogens is 2. The van der Waals surface area contributed by atoms with Crippen molar-refractivity contribution in [2.45, 2.75) is 51.8 Å². The molecule has 8 heteroatoms. The highest BCUT2D eigenvalue weighted by molar-refractivity contribution is 5.64. The maximum atomic E-state index is 13.5. The third-order valence-corrected chi connectivity index (χ3v) is 4.73. The zero-order chi connectivity index (χ0) is 21.0. The van der Waals surface area contributed by atoms with Gasteiger partial charge in [-0.1, -0.05) is 19.9 Å². The maximum absolute atomic E-state index is 13.5. The molecule has 3 rings (SSSR count). The van der Waals surface area contributed by atoms with Gasteiger partial charge in [-0.3, -0.25) is 0 Å². The van der Waals surface area contributed by atoms with Crippen LogP contribution in [0.1, 0.15) is 45.1 Å². The van der Waals surface area contributed by atoms with Gasteiger partial charge in [-0.05, 0) is 43.7 Å². The third kappa shape index (κ3) is 5.52. The average Bonchev–Trinajstić information content (AvgIpc) is 3.18. The van der Waals surface area contributed by atoms with E-state index in [0.717, 1.165) is 31.9 Å². The van der Waals surface area contributed by atoms with Gasteiger partial charge in [-0.25, -0.2) is 4.98 Å². The van der Waals surface area contributed by atoms with E-state index in [1.165, 1.54) is 4.90 Å². The lowest BCUT2D eigenvalue weighted by molar-refractivity contribution is -0.137. The summed E-state index contributed by atoms with van der Waals surface area (Å²) in [5.74, 6) is 0.580. The van der Waals surface area contributed by atoms with Crippen molar-refractivity contribution in [2.75, 3.05) is 18.6 Å². The number of halogens is 3. The first-order chi connectivity index (χ1) is 13.7. The Kier molecular flexibility index (Phi) is 6.49. The number of anilines is 2. The van der Waals surface area contributed by atoms with E-state index in [1.54, 1.807) is 25.2 Å². The topological polar surface area (TPSA) is 47.5 Å². The second-order valence-electron chi connectivity index (χ2n) is 7.67. The van der Waals surface area contributed by atoms with E-state index < -0.39 is 11.7 Å². The smallest absolute Gasteiger partial charge is 0.421 e. The average molecular weight is 409 g/mol. The van der Waals surface area contributed by atoms with Gasteiger partial charge in [0, 0.05) is 25.0 Å². The number of hydrogen-bond donors (Lipinski definition) is 0. The van der Waals surface area contributed by atoms with Gasteiger partial charge in [-0.2, -0.15) is 18.2 Å². The van der Waals surface area contributed by atoms with E-state index in [2.05, 4.69) is 9.97 Å². The van der Waals surface area contributed by atoms with Crippen LogP contribution in [0.15, 0.2) is 30.5 Å². The highest BCUT2D eigenvalue weighted by Gasteiger charge is 2.37. The predicted octanol–water partition coefficient (Wildman–Crippen LogP) is 5.62. The Balaban J connectivity index is 1.89. The van der Waals surface area contributed by atoms with Gasteiger partial charge in [0.15, 0.2) is 5.82 Å². The molecule has 1 aromatic heterocycles. The van der Waals surface area contributed by atoms with Crippen molar-refractivity contribution < 1.29 is 22.6 Å². The van der Waals surface area contributed by atoms with Crippen LogP contribution in [-0.2, 0) is 6.18 Å². The van der Waals surface area contributed by atoms with Gasteiger partial charge >= 0.3 is 12.2 Å². The van der Waals surface area contributed by atoms with Crippen molar-refractivity contribution in [3.63, 3.8) is 0 Å². The number of nitrogens with zero attached hydrogens (tertiary/aromatic N) is 3. The molecule has 2 aromatic rings. The zero-order valence-corrected chi connectivity index (χ0v) is 16.9. The highest BCUT2D eigenvalue weighted by atomic mass is 19.4. The Morgan fingerprint density at radius 1 is 1.21 bits per heavy atom. The van der Waals surface area contributed by atoms with E-state index in [1.807, 2.05) is 19.9 Å². The standard InChI is InChI=1S/C21H26F3N3O2/c1-14(2)13-28-20-25-12-18(21(22,23)24)19(26-20)27(3)15-7-6-10-17(11-15)29-16-8-4-5-9-16/h6-7,10-12,14,16H,4-5,8-9,13H2,1-3H3. The van der Waals surface area contributed by atoms with Crippen molar-refractivity contribution in [1.29, 1.82) is 0 Å². The number of alkyl halides is 3. The Hall–Kier alpha value is -2.51. The number of ether oxygens (including phenoxy) is 2. The summed E-state index contributed by atoms with van der Waals surface area (Å²) in [6, 6.07) is 6.96. The van der Waals surface area contributed by atoms with Gasteiger partial charge in [0.05, 0.1) is 12.7 Å². The lowest BCUT2D eigenvalue weighted by Gasteiger charge is -2.23. The molecule has 1 aliphatic rings. The molecule has 1 saturated carbocycles. The van der Waals surface area contributed by atoms with Crippen molar-refractivity contribution in [1.82, 2.24) is 9.97 Å². The van der Waals surface area contributed by atoms with Crippen molar-refractivity contribution in [3.05, 3.63) is 36.0 Å². The summed E-state index contributed by atoms with van der Waals surface area (Å²) < 4.78 is 52.1. The van der Waals surface area contributed by atoms with E-state index in [-0.39, 0.29) is 23.9 Å². The molecule has 0 amide bonds. The Bertz CT molecular complexity index is 821. The van der Waals surface area contributed by atoms with Crippen LogP contribution in [0.4, 0.5) is 24.7 Å². The molecule has 1 aromatic carbocycles. The molecule has 1 heterocycles. The van der Waals surface area contributed by atoms with Crippen LogP contribution in [0.3, 0.4) is 0 Å². The highest BCUT2D eigenvalue weighted by Crippen LogP contribution is 2.38. The van der Waals surface area contributed by atoms with Gasteiger partial charge in [0.25, 0.3) is 0 Å². The SMILES string of the molecule is CC(C)COc1ncc(C(F)(F)F)c(N(C)c2cccc(OC3CCCC3)c2)n1. The summed E-state index contributed by atoms with van der Waals surface area (Å²) in [6.45, 7) is 4.19. The normalized spacial score (nSPS) is 15.0. The monoisotopic (exact) mass is 409 g/mol. The minimum absolute atomic E-state index is 0.0769. The van der Waals surface area contributed by atoms with Gasteiger partial charge in [-0.15, -0.1) is 0 Å². The largest absolute Gasteiger partial charge is 0.490 e. The Morgan fingerprint density at radius 3 is 2.59 bits per heavy atom. The summed E-state index contributed by atoms with van der Waals surface area (Å²) in [6.07, 6.45) is 0.627. The molecule has 0 atom stereocenters. The van der Waals surface area contributed by atoms with E-state index in [9.17, 15) is 13.2 Å². The Labute approximate surface area is 168 Å². The molecule has 0 bridgehead atoms. The molecule has 1 aliphatic carbocycles. The molecule has 1 fully saturated rings. The number of benzene rings is 1. The summed E-state index contributed by atoms with van der Waals surface area (Å²) in [4.78, 5) is 9.17. The van der Waals surface area contributed by atoms with Gasteiger partial charge < -0.3 is 14.4 Å². The van der Waals surface area contributed by atoms with Crippen LogP contribution >= 0.6 is 0 Å². The second kappa shape index (κ2) is 8.88. The summed E-state index contributed by atoms with van der Waals surface area (Å²) >= 11 is 0. The molecule has 0 spiro atoms. The van der Waals surface area contributed by atoms with Crippen LogP contribution < -0.4 is 14.4 Å². The maximum Gasteiger partial charge on any atom is 0.421 e. The predicted molar refractivity (Wildman–Crippen MR) is 105 cm³/mol. The van der Waals surface area contributed by atoms with Gasteiger partial charge in [0.1, 0.15) is 11.3 Å². The molecule has 0 saturated heterocycles. The molecule has 0 aliphatic heterocycles. The van der Waals surface area contributed by atoms with Crippen molar-refractivity contribution in [2.24, 2.45) is 5.92 Å². The van der Waals surface area contributed by atoms with Crippen LogP contribution in [0, 0.1) is 5.92 Å². The molecule has 29 heavy (non-hydrogen) atoms. The van der Waals surface area contributed by atoms with Crippen molar-refractivity contribution in [3.8, 4) is 11.8 Å². The van der Waals surface area contributed by atoms with Gasteiger partial charge in [0.2, 0.25) is 0 Å². The molecule has 158 valence electrons. The number of rotatable bonds is 7. The lowest BCUT2D eigenvalue weighted by atomic mass is 10.2. The summed E-state index contributed by atoms with van der Waals surface area (Å²) in [5, 5.41) is 0. The van der Waals surface area contributed by atoms with Crippen molar-refractivity contribution >= 4 is 11.5 Å². The molecule has 0 N–H and O–H groups in total. The first kappa shape index (κ1) is 21.2. The molecule has 0 radical (unpaired) electrons. The molecular formula is C21H26F3N3O2. The fourth-order valence-corrected chi connectivity index (χ4v) is 3.21. The second-order valence-corrected chi connectivity index (χ2v) is 7.67. The quantitative estimate of drug-likeness (QED) is 0.594. The van der Waals surface area contributed by atoms with Crippen LogP contribution in [0.2, 0.25) is 0 Å². The van der Waals surface area contributed by atoms with E-state index >= 15 is 0 Å².